The number of hydrogen-bond acceptors (Lipinski definition) is 8. The number of rotatable bonds is 6. The highest BCUT2D eigenvalue weighted by Gasteiger charge is 2.12. The Balaban J connectivity index is 1.59. The van der Waals surface area contributed by atoms with Gasteiger partial charge in [-0.2, -0.15) is 0 Å². The van der Waals surface area contributed by atoms with E-state index in [1.54, 1.807) is 36.3 Å². The fourth-order valence-corrected chi connectivity index (χ4v) is 2.66. The number of aromatic nitrogens is 7. The summed E-state index contributed by atoms with van der Waals surface area (Å²) >= 11 is 1.40. The van der Waals surface area contributed by atoms with Crippen molar-refractivity contribution in [2.75, 3.05) is 12.3 Å². The van der Waals surface area contributed by atoms with Gasteiger partial charge in [-0.15, -0.1) is 5.10 Å². The third-order valence-corrected chi connectivity index (χ3v) is 4.21. The topological polar surface area (TPSA) is 131 Å². The average Bonchev–Trinajstić information content (AvgIpc) is 3.04. The van der Waals surface area contributed by atoms with Gasteiger partial charge in [0.15, 0.2) is 0 Å². The lowest BCUT2D eigenvalue weighted by atomic mass is 10.2. The second kappa shape index (κ2) is 7.66. The van der Waals surface area contributed by atoms with Gasteiger partial charge in [0.25, 0.3) is 11.5 Å². The van der Waals surface area contributed by atoms with Crippen LogP contribution in [0.5, 0.6) is 0 Å². The van der Waals surface area contributed by atoms with Crippen molar-refractivity contribution in [3.63, 3.8) is 0 Å². The number of aryl methyl sites for hydroxylation is 1. The number of amides is 1. The van der Waals surface area contributed by atoms with Gasteiger partial charge in [-0.05, 0) is 22.6 Å². The van der Waals surface area contributed by atoms with E-state index in [4.69, 9.17) is 0 Å². The molecule has 0 atom stereocenters. The van der Waals surface area contributed by atoms with Crippen molar-refractivity contribution in [2.45, 2.75) is 5.16 Å². The zero-order chi connectivity index (χ0) is 17.6. The Morgan fingerprint density at radius 3 is 2.84 bits per heavy atom. The maximum absolute atomic E-state index is 12.1. The normalized spacial score (nSPS) is 10.6. The molecule has 0 saturated carbocycles. The van der Waals surface area contributed by atoms with Crippen LogP contribution >= 0.6 is 11.8 Å². The van der Waals surface area contributed by atoms with Crippen LogP contribution in [0.3, 0.4) is 0 Å². The Bertz CT molecular complexity index is 924. The molecule has 0 fully saturated rings. The SMILES string of the molecule is Cn1nnnc1SCCNC(=O)c1cnc(-c2ccncc2)[nH]c1=O. The lowest BCUT2D eigenvalue weighted by Crippen LogP contribution is -2.31. The molecule has 11 heteroatoms. The Hall–Kier alpha value is -3.08. The molecule has 0 saturated heterocycles. The Morgan fingerprint density at radius 2 is 2.16 bits per heavy atom. The van der Waals surface area contributed by atoms with Crippen LogP contribution in [-0.4, -0.2) is 53.4 Å². The van der Waals surface area contributed by atoms with E-state index in [2.05, 4.69) is 35.8 Å². The number of carbonyl (C=O) groups is 1. The van der Waals surface area contributed by atoms with Gasteiger partial charge in [0.1, 0.15) is 11.4 Å². The van der Waals surface area contributed by atoms with Crippen LogP contribution in [-0.2, 0) is 7.05 Å². The Morgan fingerprint density at radius 1 is 1.36 bits per heavy atom. The predicted octanol–water partition coefficient (Wildman–Crippen LogP) is -0.123. The number of aromatic amines is 1. The zero-order valence-electron chi connectivity index (χ0n) is 13.2. The minimum Gasteiger partial charge on any atom is -0.351 e. The van der Waals surface area contributed by atoms with Crippen LogP contribution in [0.15, 0.2) is 40.7 Å². The zero-order valence-corrected chi connectivity index (χ0v) is 14.0. The molecule has 2 N–H and O–H groups in total. The predicted molar refractivity (Wildman–Crippen MR) is 89.9 cm³/mol. The van der Waals surface area contributed by atoms with Crippen LogP contribution in [0.2, 0.25) is 0 Å². The minimum absolute atomic E-state index is 0.0388. The maximum atomic E-state index is 12.1. The Kier molecular flexibility index (Phi) is 5.14. The van der Waals surface area contributed by atoms with E-state index in [0.29, 0.717) is 28.8 Å². The standard InChI is InChI=1S/C14H14N8O2S/c1-22-14(19-20-21-22)25-7-6-16-12(23)10-8-17-11(18-13(10)24)9-2-4-15-5-3-9/h2-5,8H,6-7H2,1H3,(H,16,23)(H,17,18,24). The van der Waals surface area contributed by atoms with Crippen molar-refractivity contribution in [1.29, 1.82) is 0 Å². The van der Waals surface area contributed by atoms with Gasteiger partial charge >= 0.3 is 0 Å². The smallest absolute Gasteiger partial charge is 0.264 e. The molecule has 25 heavy (non-hydrogen) atoms. The summed E-state index contributed by atoms with van der Waals surface area (Å²) in [5.41, 5.74) is 0.181. The highest BCUT2D eigenvalue weighted by Crippen LogP contribution is 2.11. The summed E-state index contributed by atoms with van der Waals surface area (Å²) in [6, 6.07) is 3.44. The van der Waals surface area contributed by atoms with Crippen molar-refractivity contribution in [3.05, 3.63) is 46.6 Å². The summed E-state index contributed by atoms with van der Waals surface area (Å²) in [5, 5.41) is 14.4. The highest BCUT2D eigenvalue weighted by atomic mass is 32.2. The molecule has 3 heterocycles. The molecule has 0 aliphatic rings. The van der Waals surface area contributed by atoms with Crippen LogP contribution in [0.1, 0.15) is 10.4 Å². The van der Waals surface area contributed by atoms with Gasteiger partial charge in [-0.3, -0.25) is 14.6 Å². The molecule has 0 aliphatic carbocycles. The number of pyridine rings is 1. The molecule has 10 nitrogen and oxygen atoms in total. The molecule has 3 rings (SSSR count). The number of nitrogens with one attached hydrogen (secondary N) is 2. The maximum Gasteiger partial charge on any atom is 0.264 e. The van der Waals surface area contributed by atoms with Crippen molar-refractivity contribution >= 4 is 17.7 Å². The summed E-state index contributed by atoms with van der Waals surface area (Å²) in [6.07, 6.45) is 4.46. The number of carbonyl (C=O) groups excluding carboxylic acids is 1. The minimum atomic E-state index is -0.496. The molecule has 0 aromatic carbocycles. The lowest BCUT2D eigenvalue weighted by Gasteiger charge is -2.05. The fourth-order valence-electron chi connectivity index (χ4n) is 1.96. The van der Waals surface area contributed by atoms with Gasteiger partial charge in [0.05, 0.1) is 0 Å². The quantitative estimate of drug-likeness (QED) is 0.460. The second-order valence-corrected chi connectivity index (χ2v) is 5.96. The molecular formula is C14H14N8O2S. The van der Waals surface area contributed by atoms with E-state index < -0.39 is 11.5 Å². The Labute approximate surface area is 146 Å². The van der Waals surface area contributed by atoms with E-state index in [0.717, 1.165) is 0 Å². The van der Waals surface area contributed by atoms with E-state index >= 15 is 0 Å². The first kappa shape index (κ1) is 16.8. The molecule has 0 spiro atoms. The third-order valence-electron chi connectivity index (χ3n) is 3.20. The molecule has 0 radical (unpaired) electrons. The number of H-pyrrole nitrogens is 1. The largest absolute Gasteiger partial charge is 0.351 e. The number of hydrogen-bond donors (Lipinski definition) is 2. The molecule has 0 bridgehead atoms. The first-order valence-electron chi connectivity index (χ1n) is 7.28. The number of nitrogens with zero attached hydrogens (tertiary/aromatic N) is 6. The van der Waals surface area contributed by atoms with Gasteiger partial charge in [0.2, 0.25) is 5.16 Å². The van der Waals surface area contributed by atoms with Gasteiger partial charge in [-0.1, -0.05) is 11.8 Å². The molecule has 1 amide bonds. The summed E-state index contributed by atoms with van der Waals surface area (Å²) in [7, 11) is 1.73. The summed E-state index contributed by atoms with van der Waals surface area (Å²) in [6.45, 7) is 0.363. The summed E-state index contributed by atoms with van der Waals surface area (Å²) in [4.78, 5) is 34.9. The summed E-state index contributed by atoms with van der Waals surface area (Å²) < 4.78 is 1.54. The molecule has 3 aromatic heterocycles. The van der Waals surface area contributed by atoms with Gasteiger partial charge in [-0.25, -0.2) is 9.67 Å². The van der Waals surface area contributed by atoms with E-state index in [1.807, 2.05) is 0 Å². The first-order chi connectivity index (χ1) is 12.1. The fraction of sp³-hybridized carbons (Fsp3) is 0.214. The second-order valence-electron chi connectivity index (χ2n) is 4.90. The number of thioether (sulfide) groups is 1. The molecule has 0 unspecified atom stereocenters. The monoisotopic (exact) mass is 358 g/mol. The van der Waals surface area contributed by atoms with Gasteiger partial charge in [0, 0.05) is 43.5 Å². The molecule has 3 aromatic rings. The van der Waals surface area contributed by atoms with Crippen LogP contribution in [0, 0.1) is 0 Å². The van der Waals surface area contributed by atoms with Crippen molar-refractivity contribution in [2.24, 2.45) is 7.05 Å². The van der Waals surface area contributed by atoms with Crippen LogP contribution in [0.25, 0.3) is 11.4 Å². The third kappa shape index (κ3) is 4.07. The lowest BCUT2D eigenvalue weighted by molar-refractivity contribution is 0.0954. The molecule has 128 valence electrons. The molecular weight excluding hydrogens is 344 g/mol. The number of tetrazole rings is 1. The van der Waals surface area contributed by atoms with E-state index in [9.17, 15) is 9.59 Å². The average molecular weight is 358 g/mol. The van der Waals surface area contributed by atoms with Crippen molar-refractivity contribution < 1.29 is 4.79 Å². The highest BCUT2D eigenvalue weighted by molar-refractivity contribution is 7.99. The van der Waals surface area contributed by atoms with Crippen molar-refractivity contribution in [3.8, 4) is 11.4 Å². The van der Waals surface area contributed by atoms with E-state index in [1.165, 1.54) is 18.0 Å². The van der Waals surface area contributed by atoms with Crippen LogP contribution < -0.4 is 10.9 Å². The first-order valence-corrected chi connectivity index (χ1v) is 8.27. The molecule has 0 aliphatic heterocycles. The van der Waals surface area contributed by atoms with Crippen molar-refractivity contribution in [1.82, 2.24) is 40.5 Å². The van der Waals surface area contributed by atoms with Crippen LogP contribution in [0.4, 0.5) is 0 Å². The van der Waals surface area contributed by atoms with Gasteiger partial charge < -0.3 is 10.3 Å². The summed E-state index contributed by atoms with van der Waals surface area (Å²) in [5.74, 6) is 0.474. The van der Waals surface area contributed by atoms with E-state index in [-0.39, 0.29) is 5.56 Å².